The van der Waals surface area contributed by atoms with Crippen molar-refractivity contribution in [3.63, 3.8) is 0 Å². The molecular formula is C46H68N2O4. The van der Waals surface area contributed by atoms with Gasteiger partial charge in [0.2, 0.25) is 0 Å². The van der Waals surface area contributed by atoms with Crippen molar-refractivity contribution in [2.45, 2.75) is 155 Å². The average molecular weight is 713 g/mol. The molecule has 6 nitrogen and oxygen atoms in total. The van der Waals surface area contributed by atoms with Gasteiger partial charge in [-0.05, 0) is 49.2 Å². The third kappa shape index (κ3) is 17.6. The molecule has 286 valence electrons. The van der Waals surface area contributed by atoms with Crippen LogP contribution in [0.5, 0.6) is 23.0 Å². The molecule has 0 spiro atoms. The summed E-state index contributed by atoms with van der Waals surface area (Å²) in [5.74, 6) is 1.13. The fraction of sp³-hybridized carbons (Fsp3) is 0.565. The highest BCUT2D eigenvalue weighted by Gasteiger charge is 2.09. The molecular weight excluding hydrogens is 645 g/mol. The highest BCUT2D eigenvalue weighted by molar-refractivity contribution is 5.90. The van der Waals surface area contributed by atoms with E-state index < -0.39 is 0 Å². The van der Waals surface area contributed by atoms with Crippen molar-refractivity contribution in [2.75, 3.05) is 13.2 Å². The molecule has 52 heavy (non-hydrogen) atoms. The zero-order valence-electron chi connectivity index (χ0n) is 32.5. The average Bonchev–Trinajstić information content (AvgIpc) is 3.16. The van der Waals surface area contributed by atoms with Crippen LogP contribution in [0.25, 0.3) is 0 Å². The number of unbranched alkanes of at least 4 members (excludes halogenated alkanes) is 20. The van der Waals surface area contributed by atoms with Gasteiger partial charge in [-0.1, -0.05) is 167 Å². The Balaban J connectivity index is 1.42. The molecule has 0 saturated carbocycles. The van der Waals surface area contributed by atoms with Gasteiger partial charge in [0.05, 0.1) is 24.6 Å². The van der Waals surface area contributed by atoms with Gasteiger partial charge in [0.25, 0.3) is 0 Å². The molecule has 0 fully saturated rings. The van der Waals surface area contributed by atoms with Crippen molar-refractivity contribution in [1.82, 2.24) is 0 Å². The Hall–Kier alpha value is -3.80. The Labute approximate surface area is 315 Å². The Morgan fingerprint density at radius 1 is 0.423 bits per heavy atom. The standard InChI is InChI=1S/C46H68N2O4/c1-3-5-7-9-11-13-15-17-19-21-25-35-51-43-33-27-29-39(45(43)49)37-47-41-31-23-24-32-42(41)48-38-40-30-28-34-44(46(40)50)52-36-26-22-20-18-16-14-12-10-8-6-4-2/h23-24,27-34,37-38,49-50H,3-22,25-26,35-36H2,1-2H3. The number of nitrogens with zero attached hydrogens (tertiary/aromatic N) is 2. The fourth-order valence-electron chi connectivity index (χ4n) is 6.38. The van der Waals surface area contributed by atoms with Gasteiger partial charge < -0.3 is 19.7 Å². The second-order valence-electron chi connectivity index (χ2n) is 14.2. The van der Waals surface area contributed by atoms with Crippen LogP contribution in [0.1, 0.15) is 166 Å². The molecule has 0 aliphatic rings. The van der Waals surface area contributed by atoms with E-state index in [1.54, 1.807) is 24.6 Å². The van der Waals surface area contributed by atoms with Crippen LogP contribution in [0.15, 0.2) is 70.6 Å². The van der Waals surface area contributed by atoms with E-state index in [9.17, 15) is 10.2 Å². The SMILES string of the molecule is CCCCCCCCCCCCCOc1cccc(C=Nc2ccccc2N=Cc2cccc(OCCCCCCCCCCCCC)c2O)c1O. The molecule has 0 aromatic heterocycles. The molecule has 3 aromatic carbocycles. The van der Waals surface area contributed by atoms with Crippen molar-refractivity contribution in [3.8, 4) is 23.0 Å². The van der Waals surface area contributed by atoms with Crippen molar-refractivity contribution in [3.05, 3.63) is 71.8 Å². The minimum Gasteiger partial charge on any atom is -0.504 e. The molecule has 0 heterocycles. The summed E-state index contributed by atoms with van der Waals surface area (Å²) >= 11 is 0. The first kappa shape index (κ1) is 42.6. The number of benzene rings is 3. The lowest BCUT2D eigenvalue weighted by molar-refractivity contribution is 0.288. The van der Waals surface area contributed by atoms with Crippen LogP contribution in [-0.2, 0) is 0 Å². The molecule has 3 rings (SSSR count). The summed E-state index contributed by atoms with van der Waals surface area (Å²) in [4.78, 5) is 9.30. The number of ether oxygens (including phenoxy) is 2. The molecule has 0 bridgehead atoms. The molecule has 0 aliphatic heterocycles. The van der Waals surface area contributed by atoms with Crippen LogP contribution in [0.3, 0.4) is 0 Å². The van der Waals surface area contributed by atoms with Crippen LogP contribution in [0.2, 0.25) is 0 Å². The summed E-state index contributed by atoms with van der Waals surface area (Å²) in [7, 11) is 0. The zero-order valence-corrected chi connectivity index (χ0v) is 32.5. The molecule has 0 radical (unpaired) electrons. The van der Waals surface area contributed by atoms with Gasteiger partial charge in [0, 0.05) is 23.6 Å². The summed E-state index contributed by atoms with van der Waals surface area (Å²) in [6.45, 7) is 5.70. The topological polar surface area (TPSA) is 83.6 Å². The molecule has 2 N–H and O–H groups in total. The van der Waals surface area contributed by atoms with E-state index in [0.29, 0.717) is 47.2 Å². The molecule has 0 saturated heterocycles. The van der Waals surface area contributed by atoms with Crippen LogP contribution < -0.4 is 9.47 Å². The number of hydrogen-bond donors (Lipinski definition) is 2. The molecule has 0 unspecified atom stereocenters. The summed E-state index contributed by atoms with van der Waals surface area (Å²) in [5, 5.41) is 21.8. The summed E-state index contributed by atoms with van der Waals surface area (Å²) in [6.07, 6.45) is 31.5. The number of phenolic OH excluding ortho intramolecular Hbond substituents is 2. The predicted molar refractivity (Wildman–Crippen MR) is 221 cm³/mol. The van der Waals surface area contributed by atoms with E-state index in [1.165, 1.54) is 116 Å². The Kier molecular flexibility index (Phi) is 22.8. The highest BCUT2D eigenvalue weighted by atomic mass is 16.5. The quantitative estimate of drug-likeness (QED) is 0.0532. The molecule has 0 aliphatic carbocycles. The van der Waals surface area contributed by atoms with E-state index in [2.05, 4.69) is 23.8 Å². The smallest absolute Gasteiger partial charge is 0.166 e. The van der Waals surface area contributed by atoms with E-state index in [-0.39, 0.29) is 11.5 Å². The van der Waals surface area contributed by atoms with Gasteiger partial charge in [0.15, 0.2) is 23.0 Å². The highest BCUT2D eigenvalue weighted by Crippen LogP contribution is 2.33. The van der Waals surface area contributed by atoms with Gasteiger partial charge in [-0.3, -0.25) is 9.98 Å². The van der Waals surface area contributed by atoms with Gasteiger partial charge in [-0.25, -0.2) is 0 Å². The summed E-state index contributed by atoms with van der Waals surface area (Å²) in [6, 6.07) is 18.5. The third-order valence-corrected chi connectivity index (χ3v) is 9.64. The number of para-hydroxylation sites is 4. The number of rotatable bonds is 30. The van der Waals surface area contributed by atoms with E-state index in [4.69, 9.17) is 9.47 Å². The normalized spacial score (nSPS) is 11.6. The van der Waals surface area contributed by atoms with Gasteiger partial charge in [-0.15, -0.1) is 0 Å². The van der Waals surface area contributed by atoms with Crippen molar-refractivity contribution >= 4 is 23.8 Å². The van der Waals surface area contributed by atoms with Crippen molar-refractivity contribution < 1.29 is 19.7 Å². The fourth-order valence-corrected chi connectivity index (χ4v) is 6.38. The first-order valence-electron chi connectivity index (χ1n) is 20.7. The maximum Gasteiger partial charge on any atom is 0.166 e. The van der Waals surface area contributed by atoms with Crippen LogP contribution in [-0.4, -0.2) is 35.9 Å². The largest absolute Gasteiger partial charge is 0.504 e. The number of phenols is 2. The van der Waals surface area contributed by atoms with E-state index in [0.717, 1.165) is 25.7 Å². The van der Waals surface area contributed by atoms with Gasteiger partial charge in [0.1, 0.15) is 0 Å². The maximum atomic E-state index is 10.9. The first-order chi connectivity index (χ1) is 25.6. The van der Waals surface area contributed by atoms with Crippen molar-refractivity contribution in [1.29, 1.82) is 0 Å². The Morgan fingerprint density at radius 3 is 1.10 bits per heavy atom. The first-order valence-corrected chi connectivity index (χ1v) is 20.7. The molecule has 0 atom stereocenters. The zero-order chi connectivity index (χ0) is 36.9. The Morgan fingerprint density at radius 2 is 0.750 bits per heavy atom. The van der Waals surface area contributed by atoms with Crippen LogP contribution in [0.4, 0.5) is 11.4 Å². The molecule has 0 amide bonds. The molecule has 6 heteroatoms. The number of aromatic hydroxyl groups is 2. The van der Waals surface area contributed by atoms with Crippen molar-refractivity contribution in [2.24, 2.45) is 9.98 Å². The lowest BCUT2D eigenvalue weighted by Crippen LogP contribution is -1.98. The summed E-state index contributed by atoms with van der Waals surface area (Å²) in [5.41, 5.74) is 2.45. The third-order valence-electron chi connectivity index (χ3n) is 9.64. The second-order valence-corrected chi connectivity index (χ2v) is 14.2. The lowest BCUT2D eigenvalue weighted by Gasteiger charge is -2.10. The maximum absolute atomic E-state index is 10.9. The van der Waals surface area contributed by atoms with Crippen LogP contribution in [0, 0.1) is 0 Å². The minimum absolute atomic E-state index is 0.0882. The van der Waals surface area contributed by atoms with E-state index >= 15 is 0 Å². The van der Waals surface area contributed by atoms with Gasteiger partial charge in [-0.2, -0.15) is 0 Å². The van der Waals surface area contributed by atoms with E-state index in [1.807, 2.05) is 48.5 Å². The minimum atomic E-state index is 0.0882. The second kappa shape index (κ2) is 27.8. The monoisotopic (exact) mass is 713 g/mol. The predicted octanol–water partition coefficient (Wildman–Crippen LogP) is 14.0. The van der Waals surface area contributed by atoms with Crippen LogP contribution >= 0.6 is 0 Å². The number of aliphatic imine (C=N–C) groups is 2. The Bertz CT molecular complexity index is 1310. The number of hydrogen-bond acceptors (Lipinski definition) is 6. The molecule has 3 aromatic rings. The van der Waals surface area contributed by atoms with Gasteiger partial charge >= 0.3 is 0 Å². The summed E-state index contributed by atoms with van der Waals surface area (Å²) < 4.78 is 11.9. The lowest BCUT2D eigenvalue weighted by atomic mass is 10.1.